The third-order valence-electron chi connectivity index (χ3n) is 2.82. The molecule has 0 aliphatic heterocycles. The highest BCUT2D eigenvalue weighted by Gasteiger charge is 2.22. The number of amides is 1. The number of nitrogen functional groups attached to an aromatic ring is 1. The molecule has 1 aromatic heterocycles. The van der Waals surface area contributed by atoms with Gasteiger partial charge < -0.3 is 10.6 Å². The number of rotatable bonds is 4. The molecule has 0 unspecified atom stereocenters. The van der Waals surface area contributed by atoms with Crippen molar-refractivity contribution in [3.63, 3.8) is 0 Å². The Morgan fingerprint density at radius 2 is 2.15 bits per heavy atom. The maximum atomic E-state index is 12.5. The van der Waals surface area contributed by atoms with E-state index in [0.717, 1.165) is 5.69 Å². The first-order valence-corrected chi connectivity index (χ1v) is 6.16. The molecule has 6 heteroatoms. The lowest BCUT2D eigenvalue weighted by molar-refractivity contribution is 0.0983. The largest absolute Gasteiger partial charge is 0.396 e. The van der Waals surface area contributed by atoms with Crippen LogP contribution in [-0.2, 0) is 7.05 Å². The highest BCUT2D eigenvalue weighted by molar-refractivity contribution is 6.07. The predicted molar refractivity (Wildman–Crippen MR) is 76.0 cm³/mol. The fourth-order valence-electron chi connectivity index (χ4n) is 1.92. The lowest BCUT2D eigenvalue weighted by Gasteiger charge is -2.20. The molecule has 0 saturated carbocycles. The Morgan fingerprint density at radius 3 is 2.70 bits per heavy atom. The third-order valence-corrected chi connectivity index (χ3v) is 2.82. The quantitative estimate of drug-likeness (QED) is 0.912. The molecule has 2 rings (SSSR count). The van der Waals surface area contributed by atoms with Crippen LogP contribution in [0.2, 0.25) is 0 Å². The molecule has 0 atom stereocenters. The van der Waals surface area contributed by atoms with E-state index in [1.165, 1.54) is 9.58 Å². The summed E-state index contributed by atoms with van der Waals surface area (Å²) in [5, 5.41) is 12.8. The van der Waals surface area contributed by atoms with E-state index in [1.807, 2.05) is 36.4 Å². The molecule has 0 fully saturated rings. The van der Waals surface area contributed by atoms with Crippen molar-refractivity contribution in [2.24, 2.45) is 7.05 Å². The Hall–Kier alpha value is -2.81. The molecule has 0 aliphatic rings. The van der Waals surface area contributed by atoms with E-state index in [1.54, 1.807) is 13.2 Å². The van der Waals surface area contributed by atoms with E-state index in [0.29, 0.717) is 12.2 Å². The van der Waals surface area contributed by atoms with Crippen LogP contribution in [0.15, 0.2) is 36.5 Å². The van der Waals surface area contributed by atoms with Gasteiger partial charge in [-0.1, -0.05) is 18.2 Å². The minimum absolute atomic E-state index is 0.203. The number of carbonyl (C=O) groups is 1. The minimum atomic E-state index is -0.301. The normalized spacial score (nSPS) is 10.0. The molecule has 0 saturated heterocycles. The molecule has 1 heterocycles. The van der Waals surface area contributed by atoms with Crippen molar-refractivity contribution < 1.29 is 4.79 Å². The molecule has 0 aliphatic carbocycles. The number of nitrogens with zero attached hydrogens (tertiary/aromatic N) is 4. The van der Waals surface area contributed by atoms with Gasteiger partial charge in [0.2, 0.25) is 0 Å². The Labute approximate surface area is 117 Å². The van der Waals surface area contributed by atoms with Gasteiger partial charge in [-0.2, -0.15) is 10.4 Å². The van der Waals surface area contributed by atoms with Gasteiger partial charge in [0.15, 0.2) is 5.69 Å². The first-order valence-electron chi connectivity index (χ1n) is 6.16. The zero-order valence-electron chi connectivity index (χ0n) is 11.2. The highest BCUT2D eigenvalue weighted by atomic mass is 16.2. The number of aromatic nitrogens is 2. The Bertz CT molecular complexity index is 641. The third kappa shape index (κ3) is 2.78. The van der Waals surface area contributed by atoms with Crippen LogP contribution in [0.1, 0.15) is 16.9 Å². The maximum Gasteiger partial charge on any atom is 0.280 e. The molecular weight excluding hydrogens is 254 g/mol. The van der Waals surface area contributed by atoms with Crippen LogP contribution in [0.3, 0.4) is 0 Å². The summed E-state index contributed by atoms with van der Waals surface area (Å²) in [6.45, 7) is 0.301. The highest BCUT2D eigenvalue weighted by Crippen LogP contribution is 2.19. The lowest BCUT2D eigenvalue weighted by atomic mass is 10.2. The van der Waals surface area contributed by atoms with Crippen LogP contribution in [-0.4, -0.2) is 22.2 Å². The topological polar surface area (TPSA) is 87.9 Å². The van der Waals surface area contributed by atoms with E-state index >= 15 is 0 Å². The van der Waals surface area contributed by atoms with Crippen molar-refractivity contribution in [2.75, 3.05) is 17.2 Å². The fourth-order valence-corrected chi connectivity index (χ4v) is 1.92. The van der Waals surface area contributed by atoms with Gasteiger partial charge in [0.25, 0.3) is 5.91 Å². The summed E-state index contributed by atoms with van der Waals surface area (Å²) < 4.78 is 1.50. The maximum absolute atomic E-state index is 12.5. The van der Waals surface area contributed by atoms with Crippen molar-refractivity contribution in [1.29, 1.82) is 5.26 Å². The second kappa shape index (κ2) is 5.89. The summed E-state index contributed by atoms with van der Waals surface area (Å²) in [5.41, 5.74) is 7.04. The summed E-state index contributed by atoms with van der Waals surface area (Å²) in [7, 11) is 1.70. The molecule has 1 aromatic carbocycles. The Balaban J connectivity index is 2.34. The molecule has 20 heavy (non-hydrogen) atoms. The second-order valence-corrected chi connectivity index (χ2v) is 4.31. The smallest absolute Gasteiger partial charge is 0.280 e. The zero-order chi connectivity index (χ0) is 14.5. The Kier molecular flexibility index (Phi) is 4.01. The monoisotopic (exact) mass is 269 g/mol. The van der Waals surface area contributed by atoms with E-state index in [4.69, 9.17) is 11.0 Å². The number of hydrogen-bond acceptors (Lipinski definition) is 4. The molecule has 0 bridgehead atoms. The number of carbonyl (C=O) groups excluding carboxylic acids is 1. The first-order chi connectivity index (χ1) is 9.63. The van der Waals surface area contributed by atoms with E-state index < -0.39 is 0 Å². The Morgan fingerprint density at radius 1 is 1.45 bits per heavy atom. The summed E-state index contributed by atoms with van der Waals surface area (Å²) in [5.74, 6) is -0.301. The van der Waals surface area contributed by atoms with Gasteiger partial charge in [-0.25, -0.2) is 0 Å². The predicted octanol–water partition coefficient (Wildman–Crippen LogP) is 1.56. The molecule has 2 aromatic rings. The summed E-state index contributed by atoms with van der Waals surface area (Å²) in [4.78, 5) is 14.1. The summed E-state index contributed by atoms with van der Waals surface area (Å²) >= 11 is 0. The van der Waals surface area contributed by atoms with Crippen molar-refractivity contribution in [3.8, 4) is 6.07 Å². The summed E-state index contributed by atoms with van der Waals surface area (Å²) in [6.07, 6.45) is 1.83. The SMILES string of the molecule is Cn1cc(N)c(C(=O)N(CCC#N)c2ccccc2)n1. The standard InChI is InChI=1S/C14H15N5O/c1-18-10-12(16)13(17-18)14(20)19(9-5-8-15)11-6-3-2-4-7-11/h2-4,6-7,10H,5,9,16H2,1H3. The van der Waals surface area contributed by atoms with Crippen molar-refractivity contribution >= 4 is 17.3 Å². The summed E-state index contributed by atoms with van der Waals surface area (Å²) in [6, 6.07) is 11.2. The molecule has 1 amide bonds. The number of para-hydroxylation sites is 1. The van der Waals surface area contributed by atoms with Crippen LogP contribution in [0.5, 0.6) is 0 Å². The number of hydrogen-bond donors (Lipinski definition) is 1. The average molecular weight is 269 g/mol. The van der Waals surface area contributed by atoms with E-state index in [-0.39, 0.29) is 18.0 Å². The van der Waals surface area contributed by atoms with Crippen LogP contribution in [0, 0.1) is 11.3 Å². The van der Waals surface area contributed by atoms with Crippen molar-refractivity contribution in [1.82, 2.24) is 9.78 Å². The lowest BCUT2D eigenvalue weighted by Crippen LogP contribution is -2.32. The molecule has 0 radical (unpaired) electrons. The molecule has 0 spiro atoms. The fraction of sp³-hybridized carbons (Fsp3) is 0.214. The van der Waals surface area contributed by atoms with Crippen LogP contribution >= 0.6 is 0 Å². The van der Waals surface area contributed by atoms with Gasteiger partial charge in [0.05, 0.1) is 18.2 Å². The van der Waals surface area contributed by atoms with Crippen molar-refractivity contribution in [2.45, 2.75) is 6.42 Å². The van der Waals surface area contributed by atoms with Gasteiger partial charge in [0.1, 0.15) is 0 Å². The second-order valence-electron chi connectivity index (χ2n) is 4.31. The molecule has 6 nitrogen and oxygen atoms in total. The number of nitrogens with two attached hydrogens (primary N) is 1. The van der Waals surface area contributed by atoms with Gasteiger partial charge in [-0.15, -0.1) is 0 Å². The average Bonchev–Trinajstić information content (AvgIpc) is 2.79. The van der Waals surface area contributed by atoms with Crippen LogP contribution in [0.4, 0.5) is 11.4 Å². The first kappa shape index (κ1) is 13.6. The zero-order valence-corrected chi connectivity index (χ0v) is 11.2. The number of aryl methyl sites for hydroxylation is 1. The number of anilines is 2. The van der Waals surface area contributed by atoms with Crippen LogP contribution < -0.4 is 10.6 Å². The van der Waals surface area contributed by atoms with Gasteiger partial charge in [-0.05, 0) is 12.1 Å². The van der Waals surface area contributed by atoms with Gasteiger partial charge >= 0.3 is 0 Å². The van der Waals surface area contributed by atoms with Crippen LogP contribution in [0.25, 0.3) is 0 Å². The minimum Gasteiger partial charge on any atom is -0.396 e. The van der Waals surface area contributed by atoms with Crippen molar-refractivity contribution in [3.05, 3.63) is 42.2 Å². The number of benzene rings is 1. The number of nitriles is 1. The van der Waals surface area contributed by atoms with E-state index in [9.17, 15) is 4.79 Å². The van der Waals surface area contributed by atoms with E-state index in [2.05, 4.69) is 5.10 Å². The molecule has 2 N–H and O–H groups in total. The van der Waals surface area contributed by atoms with Gasteiger partial charge in [0, 0.05) is 25.5 Å². The molecule has 102 valence electrons. The molecular formula is C14H15N5O. The van der Waals surface area contributed by atoms with Gasteiger partial charge in [-0.3, -0.25) is 9.48 Å².